The highest BCUT2D eigenvalue weighted by Crippen LogP contribution is 2.25. The molecule has 0 fully saturated rings. The Hall–Kier alpha value is -1.82. The van der Waals surface area contributed by atoms with Gasteiger partial charge in [0.15, 0.2) is 16.8 Å². The average molecular weight is 296 g/mol. The Bertz CT molecular complexity index is 625. The zero-order valence-corrected chi connectivity index (χ0v) is 11.9. The largest absolute Gasteiger partial charge is 0.302 e. The van der Waals surface area contributed by atoms with Crippen molar-refractivity contribution in [1.82, 2.24) is 4.98 Å². The minimum absolute atomic E-state index is 0.0200. The molecule has 0 aliphatic carbocycles. The van der Waals surface area contributed by atoms with E-state index in [1.807, 2.05) is 13.8 Å². The number of halogens is 2. The molecule has 0 spiro atoms. The molecule has 1 heterocycles. The van der Waals surface area contributed by atoms with Gasteiger partial charge in [0.25, 0.3) is 0 Å². The molecular weight excluding hydrogens is 282 g/mol. The minimum Gasteiger partial charge on any atom is -0.302 e. The van der Waals surface area contributed by atoms with E-state index in [1.165, 1.54) is 17.4 Å². The van der Waals surface area contributed by atoms with Crippen molar-refractivity contribution in [2.45, 2.75) is 26.2 Å². The van der Waals surface area contributed by atoms with E-state index in [2.05, 4.69) is 10.3 Å². The number of amides is 1. The molecule has 3 nitrogen and oxygen atoms in total. The third-order valence-electron chi connectivity index (χ3n) is 2.69. The van der Waals surface area contributed by atoms with Crippen LogP contribution in [-0.4, -0.2) is 10.9 Å². The summed E-state index contributed by atoms with van der Waals surface area (Å²) in [6.07, 6.45) is 1.70. The first-order chi connectivity index (χ1) is 9.45. The Morgan fingerprint density at radius 2 is 2.10 bits per heavy atom. The van der Waals surface area contributed by atoms with Crippen LogP contribution in [0.25, 0.3) is 0 Å². The van der Waals surface area contributed by atoms with Gasteiger partial charge in [-0.1, -0.05) is 19.9 Å². The molecule has 0 saturated heterocycles. The number of anilines is 1. The maximum atomic E-state index is 13.0. The smallest absolute Gasteiger partial charge is 0.230 e. The van der Waals surface area contributed by atoms with E-state index >= 15 is 0 Å². The van der Waals surface area contributed by atoms with Gasteiger partial charge in [0, 0.05) is 11.1 Å². The van der Waals surface area contributed by atoms with E-state index in [0.29, 0.717) is 16.6 Å². The molecule has 0 radical (unpaired) electrons. The predicted molar refractivity (Wildman–Crippen MR) is 74.9 cm³/mol. The van der Waals surface area contributed by atoms with E-state index in [4.69, 9.17) is 0 Å². The number of aromatic nitrogens is 1. The second-order valence-electron chi connectivity index (χ2n) is 4.70. The van der Waals surface area contributed by atoms with Crippen LogP contribution >= 0.6 is 11.3 Å². The molecule has 1 amide bonds. The molecule has 1 aromatic heterocycles. The quantitative estimate of drug-likeness (QED) is 0.934. The van der Waals surface area contributed by atoms with Gasteiger partial charge in [0.05, 0.1) is 6.42 Å². The zero-order valence-electron chi connectivity index (χ0n) is 11.1. The fraction of sp³-hybridized carbons (Fsp3) is 0.286. The molecule has 2 aromatic rings. The van der Waals surface area contributed by atoms with Crippen molar-refractivity contribution >= 4 is 22.4 Å². The number of hydrogen-bond donors (Lipinski definition) is 1. The summed E-state index contributed by atoms with van der Waals surface area (Å²) in [5.41, 5.74) is 0.419. The highest BCUT2D eigenvalue weighted by molar-refractivity contribution is 7.15. The lowest BCUT2D eigenvalue weighted by Crippen LogP contribution is -2.14. The maximum Gasteiger partial charge on any atom is 0.230 e. The summed E-state index contributed by atoms with van der Waals surface area (Å²) in [5, 5.41) is 3.17. The summed E-state index contributed by atoms with van der Waals surface area (Å²) in [5.74, 6) is -1.83. The molecule has 0 saturated carbocycles. The Labute approximate surface area is 119 Å². The fourth-order valence-electron chi connectivity index (χ4n) is 1.61. The van der Waals surface area contributed by atoms with Gasteiger partial charge in [0.2, 0.25) is 5.91 Å². The summed E-state index contributed by atoms with van der Waals surface area (Å²) in [7, 11) is 0. The number of hydrogen-bond acceptors (Lipinski definition) is 3. The number of nitrogens with one attached hydrogen (secondary N) is 1. The molecule has 0 unspecified atom stereocenters. The highest BCUT2D eigenvalue weighted by Gasteiger charge is 2.10. The molecule has 2 rings (SSSR count). The number of rotatable bonds is 4. The molecule has 0 atom stereocenters. The van der Waals surface area contributed by atoms with Crippen molar-refractivity contribution in [2.75, 3.05) is 5.32 Å². The van der Waals surface area contributed by atoms with Crippen molar-refractivity contribution in [2.24, 2.45) is 0 Å². The topological polar surface area (TPSA) is 42.0 Å². The van der Waals surface area contributed by atoms with Gasteiger partial charge in [-0.3, -0.25) is 4.79 Å². The summed E-state index contributed by atoms with van der Waals surface area (Å²) in [6, 6.07) is 3.42. The average Bonchev–Trinajstić information content (AvgIpc) is 2.82. The summed E-state index contributed by atoms with van der Waals surface area (Å²) in [4.78, 5) is 17.0. The number of carbonyl (C=O) groups excluding carboxylic acids is 1. The molecule has 20 heavy (non-hydrogen) atoms. The van der Waals surface area contributed by atoms with E-state index in [-0.39, 0.29) is 12.3 Å². The lowest BCUT2D eigenvalue weighted by atomic mass is 10.1. The Morgan fingerprint density at radius 1 is 1.35 bits per heavy atom. The van der Waals surface area contributed by atoms with Crippen LogP contribution < -0.4 is 5.32 Å². The molecular formula is C14H14F2N2OS. The monoisotopic (exact) mass is 296 g/mol. The van der Waals surface area contributed by atoms with E-state index < -0.39 is 11.6 Å². The van der Waals surface area contributed by atoms with Gasteiger partial charge in [0.1, 0.15) is 0 Å². The first-order valence-corrected chi connectivity index (χ1v) is 6.97. The van der Waals surface area contributed by atoms with E-state index in [9.17, 15) is 13.6 Å². The van der Waals surface area contributed by atoms with Crippen LogP contribution in [0.3, 0.4) is 0 Å². The maximum absolute atomic E-state index is 13.0. The summed E-state index contributed by atoms with van der Waals surface area (Å²) in [6.45, 7) is 4.08. The molecule has 0 bridgehead atoms. The molecule has 0 aliphatic heterocycles. The Morgan fingerprint density at radius 3 is 2.70 bits per heavy atom. The predicted octanol–water partition coefficient (Wildman–Crippen LogP) is 3.73. The van der Waals surface area contributed by atoms with Crippen LogP contribution in [0.15, 0.2) is 24.4 Å². The third kappa shape index (κ3) is 3.60. The van der Waals surface area contributed by atoms with Crippen LogP contribution in [0.1, 0.15) is 30.2 Å². The van der Waals surface area contributed by atoms with Gasteiger partial charge in [-0.05, 0) is 23.6 Å². The minimum atomic E-state index is -0.952. The van der Waals surface area contributed by atoms with Crippen molar-refractivity contribution in [3.8, 4) is 0 Å². The van der Waals surface area contributed by atoms with E-state index in [0.717, 1.165) is 17.0 Å². The van der Waals surface area contributed by atoms with Crippen molar-refractivity contribution in [3.05, 3.63) is 46.5 Å². The van der Waals surface area contributed by atoms with Crippen LogP contribution in [0, 0.1) is 11.6 Å². The summed E-state index contributed by atoms with van der Waals surface area (Å²) >= 11 is 1.41. The Balaban J connectivity index is 1.99. The second kappa shape index (κ2) is 6.09. The first-order valence-electron chi connectivity index (χ1n) is 6.15. The van der Waals surface area contributed by atoms with Gasteiger partial charge in [-0.15, -0.1) is 11.3 Å². The van der Waals surface area contributed by atoms with Crippen LogP contribution in [0.5, 0.6) is 0 Å². The van der Waals surface area contributed by atoms with Gasteiger partial charge < -0.3 is 5.32 Å². The number of carbonyl (C=O) groups is 1. The van der Waals surface area contributed by atoms with Gasteiger partial charge >= 0.3 is 0 Å². The normalized spacial score (nSPS) is 10.8. The first kappa shape index (κ1) is 14.6. The standard InChI is InChI=1S/C14H14F2N2OS/c1-8(2)12-7-17-14(20-12)18-13(19)6-9-3-4-10(15)11(16)5-9/h3-5,7-8H,6H2,1-2H3,(H,17,18,19). The van der Waals surface area contributed by atoms with Crippen LogP contribution in [-0.2, 0) is 11.2 Å². The molecule has 0 aliphatic rings. The Kier molecular flexibility index (Phi) is 4.44. The molecule has 6 heteroatoms. The fourth-order valence-corrected chi connectivity index (χ4v) is 2.44. The molecule has 1 N–H and O–H groups in total. The lowest BCUT2D eigenvalue weighted by molar-refractivity contribution is -0.115. The van der Waals surface area contributed by atoms with Crippen LogP contribution in [0.4, 0.5) is 13.9 Å². The van der Waals surface area contributed by atoms with Crippen molar-refractivity contribution in [1.29, 1.82) is 0 Å². The van der Waals surface area contributed by atoms with Crippen molar-refractivity contribution < 1.29 is 13.6 Å². The SMILES string of the molecule is CC(C)c1cnc(NC(=O)Cc2ccc(F)c(F)c2)s1. The molecule has 106 valence electrons. The van der Waals surface area contributed by atoms with Crippen LogP contribution in [0.2, 0.25) is 0 Å². The summed E-state index contributed by atoms with van der Waals surface area (Å²) < 4.78 is 25.8. The third-order valence-corrected chi connectivity index (χ3v) is 3.90. The molecule has 1 aromatic carbocycles. The number of benzene rings is 1. The number of thiazole rings is 1. The second-order valence-corrected chi connectivity index (χ2v) is 5.76. The van der Waals surface area contributed by atoms with Crippen molar-refractivity contribution in [3.63, 3.8) is 0 Å². The van der Waals surface area contributed by atoms with E-state index in [1.54, 1.807) is 6.20 Å². The zero-order chi connectivity index (χ0) is 14.7. The highest BCUT2D eigenvalue weighted by atomic mass is 32.1. The lowest BCUT2D eigenvalue weighted by Gasteiger charge is -2.03. The number of nitrogens with zero attached hydrogens (tertiary/aromatic N) is 1. The van der Waals surface area contributed by atoms with Gasteiger partial charge in [-0.25, -0.2) is 13.8 Å². The van der Waals surface area contributed by atoms with Gasteiger partial charge in [-0.2, -0.15) is 0 Å².